The molecule has 1 aromatic carbocycles. The SMILES string of the molecule is Nc1ccc2c(CC(=O)O)[nH]nc2c1. The summed E-state index contributed by atoms with van der Waals surface area (Å²) in [7, 11) is 0. The molecular formula is C9H9N3O2. The van der Waals surface area contributed by atoms with E-state index in [1.807, 2.05) is 0 Å². The van der Waals surface area contributed by atoms with Gasteiger partial charge in [-0.3, -0.25) is 9.89 Å². The molecule has 0 aliphatic carbocycles. The van der Waals surface area contributed by atoms with Crippen molar-refractivity contribution in [2.75, 3.05) is 5.73 Å². The Labute approximate surface area is 79.5 Å². The number of aliphatic carboxylic acids is 1. The van der Waals surface area contributed by atoms with Crippen LogP contribution in [0.4, 0.5) is 5.69 Å². The van der Waals surface area contributed by atoms with Crippen LogP contribution < -0.4 is 5.73 Å². The third kappa shape index (κ3) is 1.39. The van der Waals surface area contributed by atoms with E-state index in [0.717, 1.165) is 5.39 Å². The third-order valence-electron chi connectivity index (χ3n) is 1.99. The Morgan fingerprint density at radius 1 is 1.57 bits per heavy atom. The van der Waals surface area contributed by atoms with Gasteiger partial charge >= 0.3 is 5.97 Å². The van der Waals surface area contributed by atoms with Gasteiger partial charge in [-0.1, -0.05) is 0 Å². The Morgan fingerprint density at radius 3 is 3.07 bits per heavy atom. The van der Waals surface area contributed by atoms with Crippen LogP contribution in [0.3, 0.4) is 0 Å². The summed E-state index contributed by atoms with van der Waals surface area (Å²) in [5.41, 5.74) is 7.48. The molecule has 0 fully saturated rings. The van der Waals surface area contributed by atoms with Gasteiger partial charge in [-0.15, -0.1) is 0 Å². The highest BCUT2D eigenvalue weighted by Gasteiger charge is 2.08. The molecule has 0 bridgehead atoms. The first-order valence-electron chi connectivity index (χ1n) is 4.11. The number of benzene rings is 1. The van der Waals surface area contributed by atoms with Crippen molar-refractivity contribution in [1.82, 2.24) is 10.2 Å². The van der Waals surface area contributed by atoms with E-state index in [2.05, 4.69) is 10.2 Å². The molecule has 72 valence electrons. The molecule has 0 aliphatic rings. The van der Waals surface area contributed by atoms with Crippen molar-refractivity contribution in [2.24, 2.45) is 0 Å². The molecular weight excluding hydrogens is 182 g/mol. The van der Waals surface area contributed by atoms with E-state index in [1.165, 1.54) is 0 Å². The van der Waals surface area contributed by atoms with Crippen molar-refractivity contribution in [3.8, 4) is 0 Å². The number of anilines is 1. The molecule has 0 spiro atoms. The number of nitrogen functional groups attached to an aromatic ring is 1. The number of carboxylic acids is 1. The second-order valence-electron chi connectivity index (χ2n) is 3.05. The van der Waals surface area contributed by atoms with E-state index in [0.29, 0.717) is 16.9 Å². The van der Waals surface area contributed by atoms with E-state index in [1.54, 1.807) is 18.2 Å². The quantitative estimate of drug-likeness (QED) is 0.611. The van der Waals surface area contributed by atoms with Gasteiger partial charge in [0.15, 0.2) is 0 Å². The molecule has 14 heavy (non-hydrogen) atoms. The Hall–Kier alpha value is -2.04. The van der Waals surface area contributed by atoms with E-state index in [-0.39, 0.29) is 6.42 Å². The van der Waals surface area contributed by atoms with E-state index in [9.17, 15) is 4.79 Å². The third-order valence-corrected chi connectivity index (χ3v) is 1.99. The molecule has 4 N–H and O–H groups in total. The number of H-pyrrole nitrogens is 1. The number of rotatable bonds is 2. The van der Waals surface area contributed by atoms with E-state index < -0.39 is 5.97 Å². The molecule has 0 saturated carbocycles. The van der Waals surface area contributed by atoms with Gasteiger partial charge in [0, 0.05) is 11.1 Å². The highest BCUT2D eigenvalue weighted by Crippen LogP contribution is 2.18. The van der Waals surface area contributed by atoms with Crippen LogP contribution in [0, 0.1) is 0 Å². The summed E-state index contributed by atoms with van der Waals surface area (Å²) in [5.74, 6) is -0.882. The number of fused-ring (bicyclic) bond motifs is 1. The maximum Gasteiger partial charge on any atom is 0.309 e. The molecule has 1 aromatic heterocycles. The Balaban J connectivity index is 2.52. The Bertz CT molecular complexity index is 490. The lowest BCUT2D eigenvalue weighted by atomic mass is 10.1. The first kappa shape index (κ1) is 8.55. The normalized spacial score (nSPS) is 10.6. The van der Waals surface area contributed by atoms with Gasteiger partial charge in [-0.05, 0) is 18.2 Å². The second-order valence-corrected chi connectivity index (χ2v) is 3.05. The molecule has 0 atom stereocenters. The number of nitrogens with zero attached hydrogens (tertiary/aromatic N) is 1. The highest BCUT2D eigenvalue weighted by atomic mass is 16.4. The Morgan fingerprint density at radius 2 is 2.36 bits per heavy atom. The fourth-order valence-electron chi connectivity index (χ4n) is 1.37. The van der Waals surface area contributed by atoms with Gasteiger partial charge in [-0.25, -0.2) is 0 Å². The first-order chi connectivity index (χ1) is 6.66. The molecule has 0 aliphatic heterocycles. The molecule has 1 heterocycles. The monoisotopic (exact) mass is 191 g/mol. The van der Waals surface area contributed by atoms with Crippen LogP contribution in [0.1, 0.15) is 5.69 Å². The largest absolute Gasteiger partial charge is 0.481 e. The lowest BCUT2D eigenvalue weighted by molar-refractivity contribution is -0.136. The maximum atomic E-state index is 10.5. The molecule has 5 heteroatoms. The number of carbonyl (C=O) groups is 1. The van der Waals surface area contributed by atoms with Crippen molar-refractivity contribution in [3.63, 3.8) is 0 Å². The van der Waals surface area contributed by atoms with E-state index in [4.69, 9.17) is 10.8 Å². The van der Waals surface area contributed by atoms with Crippen LogP contribution in [0.5, 0.6) is 0 Å². The number of hydrogen-bond acceptors (Lipinski definition) is 3. The Kier molecular flexibility index (Phi) is 1.85. The van der Waals surface area contributed by atoms with Crippen LogP contribution in [-0.2, 0) is 11.2 Å². The van der Waals surface area contributed by atoms with Crippen LogP contribution >= 0.6 is 0 Å². The van der Waals surface area contributed by atoms with E-state index >= 15 is 0 Å². The minimum atomic E-state index is -0.882. The summed E-state index contributed by atoms with van der Waals surface area (Å²) in [6, 6.07) is 5.20. The molecule has 2 rings (SSSR count). The van der Waals surface area contributed by atoms with Crippen molar-refractivity contribution >= 4 is 22.6 Å². The van der Waals surface area contributed by atoms with Gasteiger partial charge in [0.05, 0.1) is 17.6 Å². The zero-order valence-electron chi connectivity index (χ0n) is 7.32. The topological polar surface area (TPSA) is 92.0 Å². The van der Waals surface area contributed by atoms with Crippen molar-refractivity contribution in [3.05, 3.63) is 23.9 Å². The van der Waals surface area contributed by atoms with Gasteiger partial charge in [0.1, 0.15) is 0 Å². The molecule has 0 radical (unpaired) electrons. The highest BCUT2D eigenvalue weighted by molar-refractivity contribution is 5.87. The van der Waals surface area contributed by atoms with Crippen molar-refractivity contribution in [2.45, 2.75) is 6.42 Å². The molecule has 2 aromatic rings. The average Bonchev–Trinajstić information content (AvgIpc) is 2.47. The number of hydrogen-bond donors (Lipinski definition) is 3. The second kappa shape index (κ2) is 3.02. The van der Waals surface area contributed by atoms with Crippen molar-refractivity contribution < 1.29 is 9.90 Å². The summed E-state index contributed by atoms with van der Waals surface area (Å²) in [4.78, 5) is 10.5. The van der Waals surface area contributed by atoms with Crippen LogP contribution in [0.15, 0.2) is 18.2 Å². The van der Waals surface area contributed by atoms with Gasteiger partial charge in [0.2, 0.25) is 0 Å². The van der Waals surface area contributed by atoms with Gasteiger partial charge < -0.3 is 10.8 Å². The van der Waals surface area contributed by atoms with Crippen LogP contribution in [0.25, 0.3) is 10.9 Å². The number of carboxylic acid groups (broad SMARTS) is 1. The fraction of sp³-hybridized carbons (Fsp3) is 0.111. The standard InChI is InChI=1S/C9H9N3O2/c10-5-1-2-6-7(3-5)11-12-8(6)4-9(13)14/h1-3H,4,10H2,(H,11,12)(H,13,14). The van der Waals surface area contributed by atoms with Crippen LogP contribution in [0.2, 0.25) is 0 Å². The van der Waals surface area contributed by atoms with Gasteiger partial charge in [0.25, 0.3) is 0 Å². The predicted molar refractivity (Wildman–Crippen MR) is 51.8 cm³/mol. The molecule has 0 amide bonds. The summed E-state index contributed by atoms with van der Waals surface area (Å²) < 4.78 is 0. The zero-order chi connectivity index (χ0) is 10.1. The summed E-state index contributed by atoms with van der Waals surface area (Å²) in [6.07, 6.45) is -0.0551. The minimum Gasteiger partial charge on any atom is -0.481 e. The number of nitrogens with one attached hydrogen (secondary N) is 1. The number of aromatic nitrogens is 2. The number of nitrogens with two attached hydrogens (primary N) is 1. The first-order valence-corrected chi connectivity index (χ1v) is 4.11. The zero-order valence-corrected chi connectivity index (χ0v) is 7.32. The molecule has 0 saturated heterocycles. The molecule has 0 unspecified atom stereocenters. The summed E-state index contributed by atoms with van der Waals surface area (Å²) in [5, 5.41) is 16.1. The smallest absolute Gasteiger partial charge is 0.309 e. The summed E-state index contributed by atoms with van der Waals surface area (Å²) >= 11 is 0. The maximum absolute atomic E-state index is 10.5. The minimum absolute atomic E-state index is 0.0551. The molecule has 5 nitrogen and oxygen atoms in total. The lowest BCUT2D eigenvalue weighted by Crippen LogP contribution is -2.00. The lowest BCUT2D eigenvalue weighted by Gasteiger charge is -1.94. The fourth-order valence-corrected chi connectivity index (χ4v) is 1.37. The van der Waals surface area contributed by atoms with Crippen LogP contribution in [-0.4, -0.2) is 21.3 Å². The average molecular weight is 191 g/mol. The number of aromatic amines is 1. The van der Waals surface area contributed by atoms with Crippen molar-refractivity contribution in [1.29, 1.82) is 0 Å². The summed E-state index contributed by atoms with van der Waals surface area (Å²) in [6.45, 7) is 0. The van der Waals surface area contributed by atoms with Gasteiger partial charge in [-0.2, -0.15) is 5.10 Å². The predicted octanol–water partition coefficient (Wildman–Crippen LogP) is 0.772.